The van der Waals surface area contributed by atoms with Crippen molar-refractivity contribution in [3.8, 4) is 17.3 Å². The molecule has 0 saturated heterocycles. The van der Waals surface area contributed by atoms with Crippen molar-refractivity contribution in [3.05, 3.63) is 65.8 Å². The van der Waals surface area contributed by atoms with E-state index in [0.717, 1.165) is 11.8 Å². The normalized spacial score (nSPS) is 11.5. The van der Waals surface area contributed by atoms with Gasteiger partial charge in [0.05, 0.1) is 11.9 Å². The van der Waals surface area contributed by atoms with Crippen molar-refractivity contribution >= 4 is 11.6 Å². The first-order valence-corrected chi connectivity index (χ1v) is 6.80. The minimum absolute atomic E-state index is 0.0879. The minimum atomic E-state index is -4.50. The number of hydrogen-bond donors (Lipinski definition) is 0. The predicted molar refractivity (Wildman–Crippen MR) is 77.9 cm³/mol. The highest BCUT2D eigenvalue weighted by Crippen LogP contribution is 2.34. The van der Waals surface area contributed by atoms with E-state index in [0.29, 0.717) is 11.9 Å². The molecule has 4 nitrogen and oxygen atoms in total. The molecule has 0 amide bonds. The second kappa shape index (κ2) is 5.92. The summed E-state index contributed by atoms with van der Waals surface area (Å²) in [6, 6.07) is 7.64. The summed E-state index contributed by atoms with van der Waals surface area (Å²) in [7, 11) is 0. The Morgan fingerprint density at radius 1 is 1.13 bits per heavy atom. The van der Waals surface area contributed by atoms with Crippen LogP contribution in [0.25, 0.3) is 5.69 Å². The van der Waals surface area contributed by atoms with Crippen LogP contribution in [-0.2, 0) is 6.18 Å². The predicted octanol–water partition coefficient (Wildman–Crippen LogP) is 4.73. The molecule has 3 rings (SSSR count). The lowest BCUT2D eigenvalue weighted by molar-refractivity contribution is -0.137. The molecule has 0 spiro atoms. The van der Waals surface area contributed by atoms with Crippen LogP contribution in [-0.4, -0.2) is 14.5 Å². The molecule has 0 aliphatic carbocycles. The first-order chi connectivity index (χ1) is 10.9. The van der Waals surface area contributed by atoms with Gasteiger partial charge >= 0.3 is 6.18 Å². The summed E-state index contributed by atoms with van der Waals surface area (Å²) in [5, 5.41) is -0.210. The number of benzene rings is 1. The molecule has 2 aromatic heterocycles. The van der Waals surface area contributed by atoms with Gasteiger partial charge in [-0.15, -0.1) is 0 Å². The largest absolute Gasteiger partial charge is 0.438 e. The van der Waals surface area contributed by atoms with Crippen LogP contribution in [0.4, 0.5) is 13.2 Å². The van der Waals surface area contributed by atoms with E-state index in [-0.39, 0.29) is 10.9 Å². The molecule has 1 aromatic carbocycles. The van der Waals surface area contributed by atoms with Gasteiger partial charge in [0.2, 0.25) is 5.88 Å². The molecule has 0 unspecified atom stereocenters. The van der Waals surface area contributed by atoms with Crippen LogP contribution in [0.1, 0.15) is 5.56 Å². The van der Waals surface area contributed by atoms with Crippen molar-refractivity contribution in [2.24, 2.45) is 0 Å². The fourth-order valence-corrected chi connectivity index (χ4v) is 2.07. The second-order valence-corrected chi connectivity index (χ2v) is 4.98. The first-order valence-electron chi connectivity index (χ1n) is 6.42. The molecule has 3 aromatic rings. The molecule has 0 aliphatic rings. The van der Waals surface area contributed by atoms with Gasteiger partial charge in [0.1, 0.15) is 10.8 Å². The Morgan fingerprint density at radius 3 is 2.43 bits per heavy atom. The third-order valence-electron chi connectivity index (χ3n) is 2.99. The Hall–Kier alpha value is -2.54. The number of halogens is 4. The molecule has 118 valence electrons. The molecule has 0 aliphatic heterocycles. The van der Waals surface area contributed by atoms with Crippen molar-refractivity contribution < 1.29 is 17.9 Å². The van der Waals surface area contributed by atoms with Crippen LogP contribution in [0, 0.1) is 0 Å². The van der Waals surface area contributed by atoms with Gasteiger partial charge in [-0.05, 0) is 30.3 Å². The fraction of sp³-hybridized carbons (Fsp3) is 0.0667. The van der Waals surface area contributed by atoms with Crippen LogP contribution < -0.4 is 4.74 Å². The van der Waals surface area contributed by atoms with Gasteiger partial charge in [-0.3, -0.25) is 0 Å². The summed E-state index contributed by atoms with van der Waals surface area (Å²) in [5.74, 6) is 0.318. The molecular formula is C15H9ClF3N3O. The molecule has 0 N–H and O–H groups in total. The molecule has 0 atom stereocenters. The third-order valence-corrected chi connectivity index (χ3v) is 3.26. The number of pyridine rings is 1. The zero-order valence-corrected chi connectivity index (χ0v) is 12.2. The molecule has 0 bridgehead atoms. The maximum absolute atomic E-state index is 12.6. The Balaban J connectivity index is 1.79. The number of hydrogen-bond acceptors (Lipinski definition) is 3. The SMILES string of the molecule is FC(F)(F)c1cnc(Oc2ccc(-n3ccnc3)cc2)c(Cl)c1. The zero-order valence-electron chi connectivity index (χ0n) is 11.5. The van der Waals surface area contributed by atoms with E-state index in [1.807, 2.05) is 0 Å². The maximum Gasteiger partial charge on any atom is 0.417 e. The lowest BCUT2D eigenvalue weighted by Gasteiger charge is -2.10. The standard InChI is InChI=1S/C15H9ClF3N3O/c16-13-7-10(15(17,18)19)8-21-14(13)23-12-3-1-11(2-4-12)22-6-5-20-9-22/h1-9H. The highest BCUT2D eigenvalue weighted by molar-refractivity contribution is 6.31. The molecule has 0 fully saturated rings. The van der Waals surface area contributed by atoms with Crippen LogP contribution >= 0.6 is 11.6 Å². The van der Waals surface area contributed by atoms with Crippen LogP contribution in [0.2, 0.25) is 5.02 Å². The van der Waals surface area contributed by atoms with Crippen LogP contribution in [0.5, 0.6) is 11.6 Å². The monoisotopic (exact) mass is 339 g/mol. The lowest BCUT2D eigenvalue weighted by atomic mass is 10.3. The maximum atomic E-state index is 12.6. The topological polar surface area (TPSA) is 39.9 Å². The van der Waals surface area contributed by atoms with E-state index in [9.17, 15) is 13.2 Å². The van der Waals surface area contributed by atoms with Gasteiger partial charge in [-0.25, -0.2) is 9.97 Å². The van der Waals surface area contributed by atoms with Crippen molar-refractivity contribution in [2.45, 2.75) is 6.18 Å². The number of nitrogens with zero attached hydrogens (tertiary/aromatic N) is 3. The van der Waals surface area contributed by atoms with Crippen molar-refractivity contribution in [3.63, 3.8) is 0 Å². The average molecular weight is 340 g/mol. The molecule has 0 saturated carbocycles. The molecular weight excluding hydrogens is 331 g/mol. The highest BCUT2D eigenvalue weighted by atomic mass is 35.5. The second-order valence-electron chi connectivity index (χ2n) is 4.57. The van der Waals surface area contributed by atoms with Crippen LogP contribution in [0.3, 0.4) is 0 Å². The van der Waals surface area contributed by atoms with Gasteiger partial charge < -0.3 is 9.30 Å². The number of alkyl halides is 3. The van der Waals surface area contributed by atoms with E-state index in [4.69, 9.17) is 16.3 Å². The summed E-state index contributed by atoms with van der Waals surface area (Å²) in [4.78, 5) is 7.56. The number of imidazole rings is 1. The lowest BCUT2D eigenvalue weighted by Crippen LogP contribution is -2.05. The van der Waals surface area contributed by atoms with Crippen molar-refractivity contribution in [1.82, 2.24) is 14.5 Å². The van der Waals surface area contributed by atoms with E-state index in [1.165, 1.54) is 0 Å². The van der Waals surface area contributed by atoms with E-state index in [1.54, 1.807) is 47.6 Å². The average Bonchev–Trinajstić information content (AvgIpc) is 3.03. The third kappa shape index (κ3) is 3.45. The van der Waals surface area contributed by atoms with Crippen molar-refractivity contribution in [1.29, 1.82) is 0 Å². The van der Waals surface area contributed by atoms with Gasteiger partial charge in [0.25, 0.3) is 0 Å². The quantitative estimate of drug-likeness (QED) is 0.692. The summed E-state index contributed by atoms with van der Waals surface area (Å²) < 4.78 is 44.9. The van der Waals surface area contributed by atoms with E-state index in [2.05, 4.69) is 9.97 Å². The van der Waals surface area contributed by atoms with Crippen molar-refractivity contribution in [2.75, 3.05) is 0 Å². The molecule has 2 heterocycles. The van der Waals surface area contributed by atoms with E-state index < -0.39 is 11.7 Å². The van der Waals surface area contributed by atoms with Crippen LogP contribution in [0.15, 0.2) is 55.2 Å². The van der Waals surface area contributed by atoms with Gasteiger partial charge in [0, 0.05) is 24.3 Å². The van der Waals surface area contributed by atoms with E-state index >= 15 is 0 Å². The smallest absolute Gasteiger partial charge is 0.417 e. The Bertz CT molecular complexity index is 802. The molecule has 8 heteroatoms. The molecule has 23 heavy (non-hydrogen) atoms. The zero-order chi connectivity index (χ0) is 16.4. The summed E-state index contributed by atoms with van der Waals surface area (Å²) in [6.07, 6.45) is 1.26. The fourth-order valence-electron chi connectivity index (χ4n) is 1.87. The highest BCUT2D eigenvalue weighted by Gasteiger charge is 2.31. The first kappa shape index (κ1) is 15.4. The number of rotatable bonds is 3. The number of aromatic nitrogens is 3. The Morgan fingerprint density at radius 2 is 1.87 bits per heavy atom. The summed E-state index contributed by atoms with van der Waals surface area (Å²) in [6.45, 7) is 0. The summed E-state index contributed by atoms with van der Waals surface area (Å²) >= 11 is 5.80. The van der Waals surface area contributed by atoms with Gasteiger partial charge in [-0.1, -0.05) is 11.6 Å². The van der Waals surface area contributed by atoms with Gasteiger partial charge in [-0.2, -0.15) is 13.2 Å². The minimum Gasteiger partial charge on any atom is -0.438 e. The summed E-state index contributed by atoms with van der Waals surface area (Å²) in [5.41, 5.74) is -0.0633. The molecule has 0 radical (unpaired) electrons. The Kier molecular flexibility index (Phi) is 3.96. The Labute approximate surface area is 134 Å². The number of ether oxygens (including phenoxy) is 1. The van der Waals surface area contributed by atoms with Gasteiger partial charge in [0.15, 0.2) is 0 Å².